The fourth-order valence-corrected chi connectivity index (χ4v) is 3.35. The second-order valence-corrected chi connectivity index (χ2v) is 6.88. The second kappa shape index (κ2) is 8.48. The normalized spacial score (nSPS) is 14.2. The van der Waals surface area contributed by atoms with Crippen molar-refractivity contribution in [2.45, 2.75) is 20.0 Å². The smallest absolute Gasteiger partial charge is 0.233 e. The summed E-state index contributed by atoms with van der Waals surface area (Å²) < 4.78 is 29.9. The number of benzene rings is 1. The molecular formula is C21H22FN3O4. The molecule has 1 fully saturated rings. The van der Waals surface area contributed by atoms with Crippen molar-refractivity contribution in [3.05, 3.63) is 59.8 Å². The van der Waals surface area contributed by atoms with Crippen LogP contribution in [0.25, 0.3) is 11.3 Å². The lowest BCUT2D eigenvalue weighted by Crippen LogP contribution is -2.37. The van der Waals surface area contributed by atoms with Crippen molar-refractivity contribution in [2.24, 2.45) is 0 Å². The number of aromatic nitrogens is 1. The lowest BCUT2D eigenvalue weighted by Gasteiger charge is -2.28. The van der Waals surface area contributed by atoms with Crippen LogP contribution < -0.4 is 4.90 Å². The maximum atomic E-state index is 13.4. The van der Waals surface area contributed by atoms with Crippen LogP contribution in [-0.2, 0) is 22.6 Å². The molecule has 2 aromatic heterocycles. The summed E-state index contributed by atoms with van der Waals surface area (Å²) in [5, 5.41) is 4.26. The van der Waals surface area contributed by atoms with Gasteiger partial charge in [0.2, 0.25) is 11.8 Å². The Morgan fingerprint density at radius 2 is 1.93 bits per heavy atom. The first-order valence-corrected chi connectivity index (χ1v) is 9.47. The number of amides is 1. The number of hydrogen-bond donors (Lipinski definition) is 0. The lowest BCUT2D eigenvalue weighted by atomic mass is 10.1. The van der Waals surface area contributed by atoms with Gasteiger partial charge in [0.15, 0.2) is 0 Å². The number of hydrogen-bond acceptors (Lipinski definition) is 6. The van der Waals surface area contributed by atoms with Crippen LogP contribution in [0.1, 0.15) is 18.2 Å². The van der Waals surface area contributed by atoms with Gasteiger partial charge in [-0.25, -0.2) is 4.39 Å². The minimum Gasteiger partial charge on any atom is -0.467 e. The van der Waals surface area contributed by atoms with Crippen LogP contribution in [0.2, 0.25) is 0 Å². The third kappa shape index (κ3) is 4.32. The summed E-state index contributed by atoms with van der Waals surface area (Å²) in [5.41, 5.74) is 2.10. The number of anilines is 1. The summed E-state index contributed by atoms with van der Waals surface area (Å²) >= 11 is 0. The molecular weight excluding hydrogens is 377 g/mol. The first-order chi connectivity index (χ1) is 14.1. The molecule has 1 aliphatic rings. The van der Waals surface area contributed by atoms with E-state index >= 15 is 0 Å². The van der Waals surface area contributed by atoms with Gasteiger partial charge >= 0.3 is 0 Å². The highest BCUT2D eigenvalue weighted by atomic mass is 19.1. The molecule has 0 bridgehead atoms. The molecule has 7 nitrogen and oxygen atoms in total. The second-order valence-electron chi connectivity index (χ2n) is 6.88. The van der Waals surface area contributed by atoms with Gasteiger partial charge in [-0.15, -0.1) is 0 Å². The summed E-state index contributed by atoms with van der Waals surface area (Å²) in [5.74, 6) is 0.877. The van der Waals surface area contributed by atoms with E-state index in [1.165, 1.54) is 19.1 Å². The third-order valence-electron chi connectivity index (χ3n) is 4.90. The van der Waals surface area contributed by atoms with Crippen LogP contribution in [0.4, 0.5) is 10.3 Å². The van der Waals surface area contributed by atoms with Crippen LogP contribution >= 0.6 is 0 Å². The number of rotatable bonds is 6. The number of halogens is 1. The van der Waals surface area contributed by atoms with Gasteiger partial charge in [-0.1, -0.05) is 5.16 Å². The molecule has 0 spiro atoms. The Kier molecular flexibility index (Phi) is 5.62. The standard InChI is InChI=1S/C21H22FN3O4/c1-15(26)25(13-18-3-2-10-28-18)14-19-20(16-4-6-17(22)7-5-16)23-29-21(19)24-8-11-27-12-9-24/h2-7,10H,8-9,11-14H2,1H3. The van der Waals surface area contributed by atoms with Gasteiger partial charge < -0.3 is 23.5 Å². The first kappa shape index (κ1) is 19.2. The van der Waals surface area contributed by atoms with Crippen molar-refractivity contribution in [2.75, 3.05) is 31.2 Å². The van der Waals surface area contributed by atoms with Gasteiger partial charge in [0.05, 0.1) is 38.1 Å². The largest absolute Gasteiger partial charge is 0.467 e. The van der Waals surface area contributed by atoms with Crippen LogP contribution in [0.3, 0.4) is 0 Å². The molecule has 3 heterocycles. The van der Waals surface area contributed by atoms with E-state index in [4.69, 9.17) is 13.7 Å². The Balaban J connectivity index is 1.70. The average Bonchev–Trinajstić information content (AvgIpc) is 3.39. The van der Waals surface area contributed by atoms with Gasteiger partial charge in [0.25, 0.3) is 0 Å². The van der Waals surface area contributed by atoms with Gasteiger partial charge in [-0.3, -0.25) is 4.79 Å². The van der Waals surface area contributed by atoms with E-state index in [1.807, 2.05) is 6.07 Å². The predicted octanol–water partition coefficient (Wildman–Crippen LogP) is 3.46. The molecule has 0 saturated carbocycles. The molecule has 0 N–H and O–H groups in total. The number of ether oxygens (including phenoxy) is 1. The van der Waals surface area contributed by atoms with Gasteiger partial charge in [0.1, 0.15) is 17.3 Å². The Bertz CT molecular complexity index is 947. The molecule has 0 unspecified atom stereocenters. The number of carbonyl (C=O) groups is 1. The molecule has 1 saturated heterocycles. The molecule has 0 radical (unpaired) electrons. The summed E-state index contributed by atoms with van der Waals surface area (Å²) in [4.78, 5) is 16.1. The molecule has 0 aliphatic carbocycles. The monoisotopic (exact) mass is 399 g/mol. The highest BCUT2D eigenvalue weighted by Gasteiger charge is 2.26. The Morgan fingerprint density at radius 3 is 2.59 bits per heavy atom. The van der Waals surface area contributed by atoms with Gasteiger partial charge in [-0.2, -0.15) is 0 Å². The maximum absolute atomic E-state index is 13.4. The Morgan fingerprint density at radius 1 is 1.17 bits per heavy atom. The average molecular weight is 399 g/mol. The zero-order chi connectivity index (χ0) is 20.2. The lowest BCUT2D eigenvalue weighted by molar-refractivity contribution is -0.130. The number of morpholine rings is 1. The van der Waals surface area contributed by atoms with Gasteiger partial charge in [-0.05, 0) is 36.4 Å². The summed E-state index contributed by atoms with van der Waals surface area (Å²) in [7, 11) is 0. The minimum atomic E-state index is -0.324. The Labute approximate surface area is 167 Å². The Hall–Kier alpha value is -3.13. The number of carbonyl (C=O) groups excluding carboxylic acids is 1. The zero-order valence-corrected chi connectivity index (χ0v) is 16.1. The molecule has 1 aliphatic heterocycles. The molecule has 1 amide bonds. The van der Waals surface area contributed by atoms with E-state index in [-0.39, 0.29) is 11.7 Å². The molecule has 8 heteroatoms. The summed E-state index contributed by atoms with van der Waals surface area (Å²) in [6, 6.07) is 9.69. The molecule has 29 heavy (non-hydrogen) atoms. The van der Waals surface area contributed by atoms with E-state index in [9.17, 15) is 9.18 Å². The van der Waals surface area contributed by atoms with Crippen LogP contribution in [0.5, 0.6) is 0 Å². The molecule has 0 atom stereocenters. The van der Waals surface area contributed by atoms with Crippen LogP contribution in [0, 0.1) is 5.82 Å². The van der Waals surface area contributed by atoms with E-state index in [0.29, 0.717) is 56.7 Å². The fourth-order valence-electron chi connectivity index (χ4n) is 3.35. The van der Waals surface area contributed by atoms with Crippen molar-refractivity contribution in [1.82, 2.24) is 10.1 Å². The maximum Gasteiger partial charge on any atom is 0.233 e. The number of furan rings is 1. The first-order valence-electron chi connectivity index (χ1n) is 9.47. The van der Waals surface area contributed by atoms with Crippen molar-refractivity contribution in [1.29, 1.82) is 0 Å². The fraction of sp³-hybridized carbons (Fsp3) is 0.333. The summed E-state index contributed by atoms with van der Waals surface area (Å²) in [6.07, 6.45) is 1.58. The molecule has 1 aromatic carbocycles. The minimum absolute atomic E-state index is 0.0967. The molecule has 3 aromatic rings. The van der Waals surface area contributed by atoms with E-state index in [2.05, 4.69) is 10.1 Å². The number of nitrogens with zero attached hydrogens (tertiary/aromatic N) is 3. The van der Waals surface area contributed by atoms with Crippen molar-refractivity contribution < 1.29 is 22.9 Å². The SMILES string of the molecule is CC(=O)N(Cc1ccco1)Cc1c(-c2ccc(F)cc2)noc1N1CCOCC1. The van der Waals surface area contributed by atoms with Crippen molar-refractivity contribution in [3.63, 3.8) is 0 Å². The van der Waals surface area contributed by atoms with E-state index < -0.39 is 0 Å². The quantitative estimate of drug-likeness (QED) is 0.632. The predicted molar refractivity (Wildman–Crippen MR) is 104 cm³/mol. The highest BCUT2D eigenvalue weighted by Crippen LogP contribution is 2.33. The van der Waals surface area contributed by atoms with Gasteiger partial charge in [0, 0.05) is 25.6 Å². The van der Waals surface area contributed by atoms with Crippen molar-refractivity contribution >= 4 is 11.8 Å². The van der Waals surface area contributed by atoms with E-state index in [0.717, 1.165) is 11.1 Å². The third-order valence-corrected chi connectivity index (χ3v) is 4.90. The topological polar surface area (TPSA) is 72.0 Å². The van der Waals surface area contributed by atoms with Crippen LogP contribution in [0.15, 0.2) is 51.6 Å². The van der Waals surface area contributed by atoms with Crippen molar-refractivity contribution in [3.8, 4) is 11.3 Å². The van der Waals surface area contributed by atoms with Crippen LogP contribution in [-0.4, -0.2) is 42.3 Å². The zero-order valence-electron chi connectivity index (χ0n) is 16.1. The molecule has 4 rings (SSSR count). The summed E-state index contributed by atoms with van der Waals surface area (Å²) in [6.45, 7) is 4.66. The molecule has 152 valence electrons. The highest BCUT2D eigenvalue weighted by molar-refractivity contribution is 5.75. The van der Waals surface area contributed by atoms with E-state index in [1.54, 1.807) is 29.4 Å².